The molecule has 2 heterocycles. The van der Waals surface area contributed by atoms with Crippen LogP contribution < -0.4 is 0 Å². The fourth-order valence-electron chi connectivity index (χ4n) is 14.8. The third-order valence-electron chi connectivity index (χ3n) is 24.9. The van der Waals surface area contributed by atoms with E-state index in [-0.39, 0.29) is 48.7 Å². The van der Waals surface area contributed by atoms with Gasteiger partial charge in [-0.1, -0.05) is 408 Å². The van der Waals surface area contributed by atoms with Crippen LogP contribution in [0.5, 0.6) is 0 Å². The van der Waals surface area contributed by atoms with Crippen molar-refractivity contribution in [3.63, 3.8) is 0 Å². The van der Waals surface area contributed by atoms with Crippen LogP contribution in [0.4, 0.5) is 4.39 Å². The van der Waals surface area contributed by atoms with Gasteiger partial charge in [0, 0.05) is 18.9 Å². The van der Waals surface area contributed by atoms with Crippen molar-refractivity contribution in [2.24, 2.45) is 94.7 Å². The van der Waals surface area contributed by atoms with Gasteiger partial charge in [-0.2, -0.15) is 0 Å². The molecule has 0 amide bonds. The molecule has 3 heteroatoms. The number of benzene rings is 3. The van der Waals surface area contributed by atoms with Crippen molar-refractivity contribution in [2.45, 2.75) is 448 Å². The number of halogens is 1. The van der Waals surface area contributed by atoms with Gasteiger partial charge in [0.05, 0.1) is 12.2 Å². The third-order valence-corrected chi connectivity index (χ3v) is 24.9. The molecule has 0 N–H and O–H groups in total. The van der Waals surface area contributed by atoms with E-state index in [2.05, 4.69) is 227 Å². The molecule has 13 rings (SSSR count). The number of allylic oxidation sites excluding steroid dienone is 4. The Bertz CT molecular complexity index is 2080. The van der Waals surface area contributed by atoms with Crippen LogP contribution >= 0.6 is 0 Å². The Morgan fingerprint density at radius 2 is 0.427 bits per heavy atom. The fraction of sp³-hybridized carbons (Fsp3) is 0.794. The van der Waals surface area contributed by atoms with Gasteiger partial charge in [0.2, 0.25) is 0 Å². The van der Waals surface area contributed by atoms with E-state index in [1.807, 2.05) is 13.0 Å². The average molecular weight is 1550 g/mol. The molecule has 6 saturated carbocycles. The molecular weight excluding hydrogens is 1340 g/mol. The lowest BCUT2D eigenvalue weighted by Crippen LogP contribution is -2.21. The van der Waals surface area contributed by atoms with Gasteiger partial charge >= 0.3 is 0 Å². The highest BCUT2D eigenvalue weighted by atomic mass is 19.1. The molecule has 656 valence electrons. The topological polar surface area (TPSA) is 18.5 Å². The molecule has 0 bridgehead atoms. The molecule has 2 saturated heterocycles. The van der Waals surface area contributed by atoms with E-state index < -0.39 is 0 Å². The minimum atomic E-state index is -0.116. The maximum atomic E-state index is 12.6. The predicted octanol–water partition coefficient (Wildman–Crippen LogP) is 37.4. The molecule has 8 fully saturated rings. The van der Waals surface area contributed by atoms with E-state index in [1.54, 1.807) is 24.1 Å². The molecule has 8 aliphatic carbocycles. The molecule has 6 atom stereocenters. The molecule has 10 aliphatic rings. The van der Waals surface area contributed by atoms with Crippen LogP contribution in [-0.2, 0) is 9.47 Å². The smallest absolute Gasteiger partial charge is 0.126 e. The van der Waals surface area contributed by atoms with Gasteiger partial charge in [-0.3, -0.25) is 0 Å². The van der Waals surface area contributed by atoms with Crippen LogP contribution in [0.3, 0.4) is 0 Å². The second-order valence-corrected chi connectivity index (χ2v) is 38.3. The average Bonchev–Trinajstić information content (AvgIpc) is 0.901. The minimum Gasteiger partial charge on any atom is -0.378 e. The standard InChI is InChI=1S/C8H9F.6C8H16.2C8H14.2C8H10.2C7H14O.5CH4.4H2/c1-6-3-4-7(2)8(9)5-6;10*1-7-3-5-8(2)6-4-7;2*1-6-3-4-7(2)8-5-6;;;;;;;;;/h3-5H,1-2H3;6*7-8H,3-6H2,1-2H3;2*3,8H,4-6H2,1-2H3;2*3-6H,1-2H3;2*6-7H,3-5H2,1-2H3;5*1H4;4*1H/i;;;;;;;;;;;;;;;;;;1+1;;;. The molecule has 2 aliphatic heterocycles. The van der Waals surface area contributed by atoms with Crippen molar-refractivity contribution in [1.82, 2.24) is 0 Å². The van der Waals surface area contributed by atoms with E-state index in [0.29, 0.717) is 17.8 Å². The Kier molecular flexibility index (Phi) is 73.8. The summed E-state index contributed by atoms with van der Waals surface area (Å²) in [5.74, 6) is 15.6. The van der Waals surface area contributed by atoms with Crippen molar-refractivity contribution < 1.29 is 19.6 Å². The zero-order valence-corrected chi connectivity index (χ0v) is 75.0. The number of ether oxygens (including phenoxy) is 2. The van der Waals surface area contributed by atoms with Gasteiger partial charge in [0.15, 0.2) is 0 Å². The van der Waals surface area contributed by atoms with E-state index in [1.165, 1.54) is 247 Å². The van der Waals surface area contributed by atoms with Gasteiger partial charge < -0.3 is 9.47 Å². The van der Waals surface area contributed by atoms with E-state index in [0.717, 1.165) is 113 Å². The highest BCUT2D eigenvalue weighted by molar-refractivity contribution is 5.22. The molecule has 6 unspecified atom stereocenters. The van der Waals surface area contributed by atoms with Gasteiger partial charge in [-0.25, -0.2) is 4.39 Å². The first-order valence-corrected chi connectivity index (χ1v) is 45.0. The summed E-state index contributed by atoms with van der Waals surface area (Å²) >= 11 is 0. The maximum Gasteiger partial charge on any atom is 0.126 e. The van der Waals surface area contributed by atoms with Crippen LogP contribution in [0.25, 0.3) is 0 Å². The quantitative estimate of drug-likeness (QED) is 0.209. The first-order valence-electron chi connectivity index (χ1n) is 45.0. The van der Waals surface area contributed by atoms with Crippen molar-refractivity contribution >= 4 is 0 Å². The molecule has 3 aromatic rings. The number of hydrogen-bond acceptors (Lipinski definition) is 2. The molecule has 0 radical (unpaired) electrons. The Morgan fingerprint density at radius 3 is 0.555 bits per heavy atom. The number of rotatable bonds is 0. The Morgan fingerprint density at radius 1 is 0.245 bits per heavy atom. The summed E-state index contributed by atoms with van der Waals surface area (Å²) in [6, 6.07) is 22.2. The van der Waals surface area contributed by atoms with Gasteiger partial charge in [-0.05, 0) is 245 Å². The summed E-state index contributed by atoms with van der Waals surface area (Å²) in [6.07, 6.45) is 54.4. The first kappa shape index (κ1) is 116. The summed E-state index contributed by atoms with van der Waals surface area (Å²) in [6.45, 7) is 60.2. The van der Waals surface area contributed by atoms with E-state index >= 15 is 0 Å². The van der Waals surface area contributed by atoms with Crippen LogP contribution in [-0.4, -0.2) is 25.4 Å². The normalized spacial score (nSPS) is 29.6. The summed E-state index contributed by atoms with van der Waals surface area (Å²) in [7, 11) is 0. The van der Waals surface area contributed by atoms with Crippen LogP contribution in [0, 0.1) is 142 Å². The maximum absolute atomic E-state index is 12.6. The van der Waals surface area contributed by atoms with Crippen molar-refractivity contribution in [1.29, 1.82) is 0 Å². The Balaban J connectivity index is -0.000000149. The molecule has 3 aromatic carbocycles. The zero-order chi connectivity index (χ0) is 78.7. The summed E-state index contributed by atoms with van der Waals surface area (Å²) in [4.78, 5) is 0. The van der Waals surface area contributed by atoms with Gasteiger partial charge in [-0.15, -0.1) is 0 Å². The minimum absolute atomic E-state index is 0. The summed E-state index contributed by atoms with van der Waals surface area (Å²) in [5, 5.41) is 0. The second-order valence-electron chi connectivity index (χ2n) is 38.3. The molecule has 110 heavy (non-hydrogen) atoms. The first-order chi connectivity index (χ1) is 49.7. The zero-order valence-electron chi connectivity index (χ0n) is 75.0. The number of hydrogen-bond donors (Lipinski definition) is 0. The predicted molar refractivity (Wildman–Crippen MR) is 512 cm³/mol. The molecule has 0 spiro atoms. The summed E-state index contributed by atoms with van der Waals surface area (Å²) < 4.78 is 23.4. The van der Waals surface area contributed by atoms with Crippen molar-refractivity contribution in [3.05, 3.63) is 129 Å². The summed E-state index contributed by atoms with van der Waals surface area (Å²) in [5.41, 5.74) is 10.2. The highest BCUT2D eigenvalue weighted by Crippen LogP contribution is 2.32. The SMILES string of the molecule is C.C.C.C.C.CC1=CCC(C)CC1.CC1=CCC(C)CC1.CC1CCC(C)CC1.CC1CCC(C)CC1.CC1CCC(C)CC1.CC1CCC(C)CC1.CC1CCC(C)CC1.CC1CCC(C)CC1.CC1CCC(C)OC1.CC1CCC(C)OC1.Cc1ccc(C)c(F)c1.Cc1ccc(C)cc1.Cc1ccc(C)cc1.[2HH].[HH].[HH].[HH]. The number of aryl methyl sites for hydroxylation is 6. The lowest BCUT2D eigenvalue weighted by molar-refractivity contribution is 0.000174. The fourth-order valence-corrected chi connectivity index (χ4v) is 14.8. The monoisotopic (exact) mass is 1550 g/mol. The Hall–Kier alpha value is -3.01. The van der Waals surface area contributed by atoms with Crippen LogP contribution in [0.1, 0.15) is 433 Å². The van der Waals surface area contributed by atoms with E-state index in [9.17, 15) is 4.39 Å². The van der Waals surface area contributed by atoms with Gasteiger partial charge in [0.1, 0.15) is 5.82 Å². The molecular formula is C107H209FO2. The van der Waals surface area contributed by atoms with Crippen LogP contribution in [0.2, 0.25) is 0 Å². The van der Waals surface area contributed by atoms with Crippen molar-refractivity contribution in [3.8, 4) is 0 Å². The van der Waals surface area contributed by atoms with Crippen molar-refractivity contribution in [2.75, 3.05) is 13.2 Å². The third kappa shape index (κ3) is 67.2. The second kappa shape index (κ2) is 70.2. The molecule has 0 aromatic heterocycles. The molecule has 2 nitrogen and oxygen atoms in total. The largest absolute Gasteiger partial charge is 0.378 e. The lowest BCUT2D eigenvalue weighted by Gasteiger charge is -2.23. The van der Waals surface area contributed by atoms with Gasteiger partial charge in [0.25, 0.3) is 0 Å². The lowest BCUT2D eigenvalue weighted by atomic mass is 9.84. The highest BCUT2D eigenvalue weighted by Gasteiger charge is 2.19. The Labute approximate surface area is 700 Å². The van der Waals surface area contributed by atoms with E-state index in [4.69, 9.17) is 9.47 Å². The van der Waals surface area contributed by atoms with Crippen LogP contribution in [0.15, 0.2) is 90.0 Å².